The number of likely N-dealkylation sites (tertiary alicyclic amines) is 1. The van der Waals surface area contributed by atoms with Crippen molar-refractivity contribution in [3.63, 3.8) is 0 Å². The summed E-state index contributed by atoms with van der Waals surface area (Å²) in [7, 11) is 0. The number of esters is 1. The Hall–Kier alpha value is -3.15. The van der Waals surface area contributed by atoms with E-state index in [9.17, 15) is 14.4 Å². The highest BCUT2D eigenvalue weighted by atomic mass is 16.5. The fraction of sp³-hybridized carbons (Fsp3) is 0.318. The van der Waals surface area contributed by atoms with E-state index >= 15 is 0 Å². The maximum atomic E-state index is 12.3. The van der Waals surface area contributed by atoms with Crippen LogP contribution in [-0.4, -0.2) is 35.8 Å². The van der Waals surface area contributed by atoms with Crippen molar-refractivity contribution in [1.82, 2.24) is 10.2 Å². The molecule has 1 saturated heterocycles. The van der Waals surface area contributed by atoms with Crippen LogP contribution in [0.2, 0.25) is 0 Å². The van der Waals surface area contributed by atoms with Crippen molar-refractivity contribution in [2.24, 2.45) is 5.92 Å². The van der Waals surface area contributed by atoms with Gasteiger partial charge in [0, 0.05) is 19.5 Å². The molecule has 2 aromatic rings. The molecule has 0 aromatic heterocycles. The molecule has 1 aliphatic rings. The fourth-order valence-electron chi connectivity index (χ4n) is 3.28. The number of nitrogens with one attached hydrogen (secondary N) is 1. The molecule has 0 bridgehead atoms. The third-order valence-electron chi connectivity index (χ3n) is 4.92. The van der Waals surface area contributed by atoms with Crippen LogP contribution in [0.25, 0.3) is 0 Å². The summed E-state index contributed by atoms with van der Waals surface area (Å²) in [6.07, 6.45) is 0.113. The number of hydrogen-bond acceptors (Lipinski definition) is 4. The van der Waals surface area contributed by atoms with Crippen LogP contribution in [-0.2, 0) is 25.7 Å². The first-order valence-corrected chi connectivity index (χ1v) is 9.36. The molecule has 6 nitrogen and oxygen atoms in total. The van der Waals surface area contributed by atoms with Crippen LogP contribution in [0.15, 0.2) is 60.7 Å². The summed E-state index contributed by atoms with van der Waals surface area (Å²) in [5, 5.41) is 2.71. The Morgan fingerprint density at radius 1 is 1.11 bits per heavy atom. The smallest absolute Gasteiger partial charge is 0.311 e. The lowest BCUT2D eigenvalue weighted by Gasteiger charge is -2.25. The molecule has 2 aromatic carbocycles. The molecule has 146 valence electrons. The maximum absolute atomic E-state index is 12.3. The predicted octanol–water partition coefficient (Wildman–Crippen LogP) is 2.46. The van der Waals surface area contributed by atoms with Crippen molar-refractivity contribution in [2.75, 3.05) is 13.2 Å². The summed E-state index contributed by atoms with van der Waals surface area (Å²) in [6, 6.07) is 19.1. The van der Waals surface area contributed by atoms with E-state index in [0.29, 0.717) is 13.1 Å². The van der Waals surface area contributed by atoms with Crippen LogP contribution < -0.4 is 5.32 Å². The zero-order valence-electron chi connectivity index (χ0n) is 15.8. The topological polar surface area (TPSA) is 75.7 Å². The summed E-state index contributed by atoms with van der Waals surface area (Å²) in [5.74, 6) is -1.49. The van der Waals surface area contributed by atoms with Crippen LogP contribution in [0.1, 0.15) is 30.5 Å². The van der Waals surface area contributed by atoms with E-state index in [1.165, 1.54) is 0 Å². The molecule has 1 N–H and O–H groups in total. The molecule has 0 aliphatic carbocycles. The highest BCUT2D eigenvalue weighted by Gasteiger charge is 2.38. The summed E-state index contributed by atoms with van der Waals surface area (Å²) < 4.78 is 5.13. The van der Waals surface area contributed by atoms with Gasteiger partial charge in [0.2, 0.25) is 5.91 Å². The van der Waals surface area contributed by atoms with Crippen LogP contribution in [0.4, 0.5) is 0 Å². The number of benzene rings is 2. The zero-order chi connectivity index (χ0) is 19.9. The Balaban J connectivity index is 1.46. The normalized spacial score (nSPS) is 17.2. The Labute approximate surface area is 164 Å². The highest BCUT2D eigenvalue weighted by Crippen LogP contribution is 2.28. The third-order valence-corrected chi connectivity index (χ3v) is 4.92. The Bertz CT molecular complexity index is 823. The molecule has 1 fully saturated rings. The van der Waals surface area contributed by atoms with Gasteiger partial charge in [0.1, 0.15) is 0 Å². The fourth-order valence-corrected chi connectivity index (χ4v) is 3.28. The van der Waals surface area contributed by atoms with E-state index in [1.54, 1.807) is 4.90 Å². The Morgan fingerprint density at radius 3 is 2.43 bits per heavy atom. The minimum absolute atomic E-state index is 0.0770. The first-order chi connectivity index (χ1) is 13.5. The first kappa shape index (κ1) is 19.6. The SMILES string of the molecule is C[C@H](c1ccccc1)N1C[C@H](C(=O)OCC(=O)NCc2ccccc2)CC1=O. The zero-order valence-corrected chi connectivity index (χ0v) is 15.8. The molecule has 1 aliphatic heterocycles. The minimum Gasteiger partial charge on any atom is -0.455 e. The summed E-state index contributed by atoms with van der Waals surface area (Å²) in [4.78, 5) is 38.2. The molecular weight excluding hydrogens is 356 g/mol. The van der Waals surface area contributed by atoms with Gasteiger partial charge in [0.15, 0.2) is 6.61 Å². The quantitative estimate of drug-likeness (QED) is 0.749. The van der Waals surface area contributed by atoms with Gasteiger partial charge >= 0.3 is 5.97 Å². The van der Waals surface area contributed by atoms with Gasteiger partial charge in [-0.3, -0.25) is 14.4 Å². The van der Waals surface area contributed by atoms with Gasteiger partial charge in [-0.15, -0.1) is 0 Å². The average Bonchev–Trinajstić information content (AvgIpc) is 3.13. The number of hydrogen-bond donors (Lipinski definition) is 1. The van der Waals surface area contributed by atoms with Crippen molar-refractivity contribution >= 4 is 17.8 Å². The molecule has 0 unspecified atom stereocenters. The summed E-state index contributed by atoms with van der Waals surface area (Å²) in [5.41, 5.74) is 1.99. The predicted molar refractivity (Wildman–Crippen MR) is 104 cm³/mol. The van der Waals surface area contributed by atoms with Gasteiger partial charge in [-0.1, -0.05) is 60.7 Å². The van der Waals surface area contributed by atoms with Gasteiger partial charge in [0.05, 0.1) is 12.0 Å². The number of carbonyl (C=O) groups excluding carboxylic acids is 3. The summed E-state index contributed by atoms with van der Waals surface area (Å²) >= 11 is 0. The number of nitrogens with zero attached hydrogens (tertiary/aromatic N) is 1. The largest absolute Gasteiger partial charge is 0.455 e. The molecule has 6 heteroatoms. The maximum Gasteiger partial charge on any atom is 0.311 e. The Kier molecular flexibility index (Phi) is 6.42. The van der Waals surface area contributed by atoms with Crippen molar-refractivity contribution in [3.05, 3.63) is 71.8 Å². The van der Waals surface area contributed by atoms with Gasteiger partial charge < -0.3 is 15.0 Å². The van der Waals surface area contributed by atoms with Crippen molar-refractivity contribution < 1.29 is 19.1 Å². The van der Waals surface area contributed by atoms with Crippen molar-refractivity contribution in [3.8, 4) is 0 Å². The van der Waals surface area contributed by atoms with E-state index in [4.69, 9.17) is 4.74 Å². The number of amides is 2. The molecule has 28 heavy (non-hydrogen) atoms. The average molecular weight is 380 g/mol. The second-order valence-electron chi connectivity index (χ2n) is 6.90. The van der Waals surface area contributed by atoms with Gasteiger partial charge in [0.25, 0.3) is 5.91 Å². The van der Waals surface area contributed by atoms with E-state index in [0.717, 1.165) is 11.1 Å². The lowest BCUT2D eigenvalue weighted by atomic mass is 10.1. The molecule has 0 saturated carbocycles. The number of rotatable bonds is 7. The number of ether oxygens (including phenoxy) is 1. The highest BCUT2D eigenvalue weighted by molar-refractivity contribution is 5.88. The lowest BCUT2D eigenvalue weighted by molar-refractivity contribution is -0.152. The molecule has 3 rings (SSSR count). The van der Waals surface area contributed by atoms with Crippen LogP contribution >= 0.6 is 0 Å². The van der Waals surface area contributed by atoms with Crippen LogP contribution in [0.5, 0.6) is 0 Å². The van der Waals surface area contributed by atoms with Crippen molar-refractivity contribution in [1.29, 1.82) is 0 Å². The Morgan fingerprint density at radius 2 is 1.75 bits per heavy atom. The van der Waals surface area contributed by atoms with E-state index in [-0.39, 0.29) is 30.9 Å². The van der Waals surface area contributed by atoms with E-state index in [2.05, 4.69) is 5.32 Å². The lowest BCUT2D eigenvalue weighted by Crippen LogP contribution is -2.31. The van der Waals surface area contributed by atoms with Gasteiger partial charge in [-0.2, -0.15) is 0 Å². The second kappa shape index (κ2) is 9.17. The van der Waals surface area contributed by atoms with Crippen LogP contribution in [0.3, 0.4) is 0 Å². The molecule has 2 atom stereocenters. The van der Waals surface area contributed by atoms with E-state index in [1.807, 2.05) is 67.6 Å². The molecular formula is C22H24N2O4. The first-order valence-electron chi connectivity index (χ1n) is 9.36. The monoisotopic (exact) mass is 380 g/mol. The molecule has 1 heterocycles. The van der Waals surface area contributed by atoms with E-state index < -0.39 is 11.9 Å². The molecule has 0 spiro atoms. The number of carbonyl (C=O) groups is 3. The molecule has 2 amide bonds. The minimum atomic E-state index is -0.541. The van der Waals surface area contributed by atoms with Gasteiger partial charge in [-0.25, -0.2) is 0 Å². The third kappa shape index (κ3) is 4.97. The van der Waals surface area contributed by atoms with Gasteiger partial charge in [-0.05, 0) is 18.1 Å². The standard InChI is InChI=1S/C22H24N2O4/c1-16(18-10-6-3-7-11-18)24-14-19(12-21(24)26)22(27)28-15-20(25)23-13-17-8-4-2-5-9-17/h2-11,16,19H,12-15H2,1H3,(H,23,25)/t16-,19-/m1/s1. The molecule has 0 radical (unpaired) electrons. The summed E-state index contributed by atoms with van der Waals surface area (Å²) in [6.45, 7) is 2.28. The van der Waals surface area contributed by atoms with Crippen LogP contribution in [0, 0.1) is 5.92 Å². The van der Waals surface area contributed by atoms with Crippen molar-refractivity contribution in [2.45, 2.75) is 25.9 Å². The second-order valence-corrected chi connectivity index (χ2v) is 6.90.